The van der Waals surface area contributed by atoms with E-state index in [1.165, 1.54) is 5.56 Å². The molecule has 1 N–H and O–H groups in total. The third-order valence-corrected chi connectivity index (χ3v) is 4.14. The first-order valence-electron chi connectivity index (χ1n) is 8.05. The second-order valence-corrected chi connectivity index (χ2v) is 5.85. The van der Waals surface area contributed by atoms with Gasteiger partial charge in [0.15, 0.2) is 5.76 Å². The lowest BCUT2D eigenvalue weighted by atomic mass is 10.0. The maximum Gasteiger partial charge on any atom is 0.263 e. The predicted molar refractivity (Wildman–Crippen MR) is 91.3 cm³/mol. The summed E-state index contributed by atoms with van der Waals surface area (Å²) in [6.45, 7) is 2.68. The highest BCUT2D eigenvalue weighted by Gasteiger charge is 2.20. The fourth-order valence-electron chi connectivity index (χ4n) is 2.87. The Bertz CT molecular complexity index is 750. The van der Waals surface area contributed by atoms with Crippen molar-refractivity contribution < 1.29 is 13.9 Å². The molecule has 126 valence electrons. The molecule has 1 atom stereocenters. The first-order valence-corrected chi connectivity index (χ1v) is 8.05. The number of nitrogens with zero attached hydrogens (tertiary/aromatic N) is 2. The van der Waals surface area contributed by atoms with Crippen LogP contribution < -0.4 is 0 Å². The molecule has 2 aromatic heterocycles. The molecule has 3 rings (SSSR count). The standard InChI is InChI=1S/C19H22N2O3/c1-14-16(20-19(24-14)18-9-6-12-23-18)13-21(2)17(10-11-22)15-7-4-3-5-8-15/h3-9,12,17,22H,10-11,13H2,1-2H3. The molecule has 5 heteroatoms. The fraction of sp³-hybridized carbons (Fsp3) is 0.316. The Morgan fingerprint density at radius 3 is 2.62 bits per heavy atom. The number of hydrogen-bond acceptors (Lipinski definition) is 5. The Balaban J connectivity index is 1.79. The second kappa shape index (κ2) is 7.47. The molecule has 0 aliphatic rings. The van der Waals surface area contributed by atoms with Gasteiger partial charge in [0.2, 0.25) is 0 Å². The van der Waals surface area contributed by atoms with Gasteiger partial charge in [-0.05, 0) is 38.1 Å². The largest absolute Gasteiger partial charge is 0.459 e. The molecule has 1 unspecified atom stereocenters. The van der Waals surface area contributed by atoms with Gasteiger partial charge in [0.1, 0.15) is 5.76 Å². The van der Waals surface area contributed by atoms with Crippen molar-refractivity contribution in [3.63, 3.8) is 0 Å². The molecule has 24 heavy (non-hydrogen) atoms. The summed E-state index contributed by atoms with van der Waals surface area (Å²) in [6.07, 6.45) is 2.27. The summed E-state index contributed by atoms with van der Waals surface area (Å²) >= 11 is 0. The zero-order valence-electron chi connectivity index (χ0n) is 14.0. The quantitative estimate of drug-likeness (QED) is 0.715. The van der Waals surface area contributed by atoms with E-state index in [-0.39, 0.29) is 12.6 Å². The topological polar surface area (TPSA) is 62.6 Å². The monoisotopic (exact) mass is 326 g/mol. The molecule has 3 aromatic rings. The highest BCUT2D eigenvalue weighted by molar-refractivity contribution is 5.44. The lowest BCUT2D eigenvalue weighted by Crippen LogP contribution is -2.25. The zero-order valence-corrected chi connectivity index (χ0v) is 14.0. The Hall–Kier alpha value is -2.37. The normalized spacial score (nSPS) is 12.7. The lowest BCUT2D eigenvalue weighted by molar-refractivity contribution is 0.178. The van der Waals surface area contributed by atoms with Gasteiger partial charge in [-0.1, -0.05) is 30.3 Å². The summed E-state index contributed by atoms with van der Waals surface area (Å²) in [7, 11) is 2.04. The molecule has 0 fully saturated rings. The van der Waals surface area contributed by atoms with Crippen LogP contribution in [0.25, 0.3) is 11.7 Å². The van der Waals surface area contributed by atoms with E-state index in [0.29, 0.717) is 24.6 Å². The van der Waals surface area contributed by atoms with Crippen LogP contribution in [0.1, 0.15) is 29.5 Å². The maximum absolute atomic E-state index is 9.42. The minimum atomic E-state index is 0.124. The van der Waals surface area contributed by atoms with Gasteiger partial charge >= 0.3 is 0 Å². The Labute approximate surface area is 141 Å². The van der Waals surface area contributed by atoms with Crippen molar-refractivity contribution in [2.75, 3.05) is 13.7 Å². The fourth-order valence-corrected chi connectivity index (χ4v) is 2.87. The number of oxazole rings is 1. The molecule has 0 radical (unpaired) electrons. The van der Waals surface area contributed by atoms with E-state index in [0.717, 1.165) is 11.5 Å². The molecule has 2 heterocycles. The van der Waals surface area contributed by atoms with Crippen LogP contribution in [-0.4, -0.2) is 28.6 Å². The highest BCUT2D eigenvalue weighted by atomic mass is 16.4. The molecule has 0 saturated carbocycles. The third-order valence-electron chi connectivity index (χ3n) is 4.14. The predicted octanol–water partition coefficient (Wildman–Crippen LogP) is 3.80. The number of aliphatic hydroxyl groups excluding tert-OH is 1. The van der Waals surface area contributed by atoms with Gasteiger partial charge in [0.25, 0.3) is 5.89 Å². The van der Waals surface area contributed by atoms with Gasteiger partial charge in [-0.25, -0.2) is 4.98 Å². The highest BCUT2D eigenvalue weighted by Crippen LogP contribution is 2.27. The minimum absolute atomic E-state index is 0.124. The Kier molecular flexibility index (Phi) is 5.13. The van der Waals surface area contributed by atoms with Crippen LogP contribution in [0, 0.1) is 6.92 Å². The number of aliphatic hydroxyl groups is 1. The Morgan fingerprint density at radius 2 is 1.96 bits per heavy atom. The summed E-state index contributed by atoms with van der Waals surface area (Å²) in [4.78, 5) is 6.75. The van der Waals surface area contributed by atoms with Gasteiger partial charge in [-0.2, -0.15) is 0 Å². The van der Waals surface area contributed by atoms with Crippen molar-refractivity contribution in [1.29, 1.82) is 0 Å². The van der Waals surface area contributed by atoms with E-state index in [9.17, 15) is 5.11 Å². The first kappa shape index (κ1) is 16.5. The van der Waals surface area contributed by atoms with Crippen molar-refractivity contribution in [2.45, 2.75) is 25.9 Å². The maximum atomic E-state index is 9.42. The molecule has 1 aromatic carbocycles. The summed E-state index contributed by atoms with van der Waals surface area (Å²) < 4.78 is 11.1. The van der Waals surface area contributed by atoms with Crippen LogP contribution in [0.3, 0.4) is 0 Å². The summed E-state index contributed by atoms with van der Waals surface area (Å²) in [5, 5.41) is 9.42. The summed E-state index contributed by atoms with van der Waals surface area (Å²) in [5.74, 6) is 1.91. The second-order valence-electron chi connectivity index (χ2n) is 5.85. The molecule has 5 nitrogen and oxygen atoms in total. The van der Waals surface area contributed by atoms with Crippen molar-refractivity contribution in [2.24, 2.45) is 0 Å². The van der Waals surface area contributed by atoms with Crippen LogP contribution in [0.4, 0.5) is 0 Å². The van der Waals surface area contributed by atoms with Crippen LogP contribution in [-0.2, 0) is 6.54 Å². The van der Waals surface area contributed by atoms with Crippen molar-refractivity contribution in [3.8, 4) is 11.7 Å². The number of aromatic nitrogens is 1. The van der Waals surface area contributed by atoms with Crippen LogP contribution in [0.15, 0.2) is 57.6 Å². The summed E-state index contributed by atoms with van der Waals surface area (Å²) in [5.41, 5.74) is 2.06. The van der Waals surface area contributed by atoms with E-state index in [4.69, 9.17) is 8.83 Å². The number of aryl methyl sites for hydroxylation is 1. The van der Waals surface area contributed by atoms with Crippen LogP contribution in [0.2, 0.25) is 0 Å². The number of furan rings is 1. The third kappa shape index (κ3) is 3.58. The Morgan fingerprint density at radius 1 is 1.17 bits per heavy atom. The lowest BCUT2D eigenvalue weighted by Gasteiger charge is -2.27. The zero-order chi connectivity index (χ0) is 16.9. The molecular weight excluding hydrogens is 304 g/mol. The van der Waals surface area contributed by atoms with Gasteiger partial charge < -0.3 is 13.9 Å². The van der Waals surface area contributed by atoms with E-state index in [1.54, 1.807) is 6.26 Å². The van der Waals surface area contributed by atoms with E-state index in [2.05, 4.69) is 22.0 Å². The SMILES string of the molecule is Cc1oc(-c2ccco2)nc1CN(C)C(CCO)c1ccccc1. The van der Waals surface area contributed by atoms with Crippen LogP contribution in [0.5, 0.6) is 0 Å². The van der Waals surface area contributed by atoms with Gasteiger partial charge in [-0.15, -0.1) is 0 Å². The number of benzene rings is 1. The average Bonchev–Trinajstić information content (AvgIpc) is 3.24. The van der Waals surface area contributed by atoms with E-state index in [1.807, 2.05) is 44.3 Å². The van der Waals surface area contributed by atoms with Crippen molar-refractivity contribution in [1.82, 2.24) is 9.88 Å². The van der Waals surface area contributed by atoms with Crippen LogP contribution >= 0.6 is 0 Å². The first-order chi connectivity index (χ1) is 11.7. The van der Waals surface area contributed by atoms with Gasteiger partial charge in [-0.3, -0.25) is 4.90 Å². The molecule has 0 amide bonds. The minimum Gasteiger partial charge on any atom is -0.459 e. The smallest absolute Gasteiger partial charge is 0.263 e. The average molecular weight is 326 g/mol. The molecule has 0 aliphatic heterocycles. The number of rotatable bonds is 7. The molecule has 0 spiro atoms. The summed E-state index contributed by atoms with van der Waals surface area (Å²) in [6, 6.07) is 14.0. The molecular formula is C19H22N2O3. The van der Waals surface area contributed by atoms with Gasteiger partial charge in [0, 0.05) is 19.2 Å². The van der Waals surface area contributed by atoms with E-state index >= 15 is 0 Å². The van der Waals surface area contributed by atoms with E-state index < -0.39 is 0 Å². The van der Waals surface area contributed by atoms with Gasteiger partial charge in [0.05, 0.1) is 12.0 Å². The molecule has 0 aliphatic carbocycles. The molecule has 0 saturated heterocycles. The number of hydrogen-bond donors (Lipinski definition) is 1. The molecule has 0 bridgehead atoms. The van der Waals surface area contributed by atoms with Crippen molar-refractivity contribution >= 4 is 0 Å². The van der Waals surface area contributed by atoms with Crippen molar-refractivity contribution in [3.05, 3.63) is 65.7 Å².